The molecule has 0 saturated carbocycles. The molecule has 0 aliphatic carbocycles. The zero-order chi connectivity index (χ0) is 18.6. The third kappa shape index (κ3) is 3.84. The van der Waals surface area contributed by atoms with E-state index in [1.807, 2.05) is 29.2 Å². The molecule has 4 rings (SSSR count). The van der Waals surface area contributed by atoms with Gasteiger partial charge < -0.3 is 14.6 Å². The van der Waals surface area contributed by atoms with E-state index in [0.717, 1.165) is 31.6 Å². The lowest BCUT2D eigenvalue weighted by molar-refractivity contribution is 0.0793. The van der Waals surface area contributed by atoms with Crippen molar-refractivity contribution in [3.8, 4) is 11.3 Å². The fraction of sp³-hybridized carbons (Fsp3) is 0.238. The van der Waals surface area contributed by atoms with Crippen molar-refractivity contribution in [2.24, 2.45) is 0 Å². The Kier molecular flexibility index (Phi) is 4.87. The van der Waals surface area contributed by atoms with Crippen LogP contribution in [0.2, 0.25) is 0 Å². The summed E-state index contributed by atoms with van der Waals surface area (Å²) in [6.45, 7) is 2.05. The van der Waals surface area contributed by atoms with Crippen molar-refractivity contribution in [3.63, 3.8) is 0 Å². The summed E-state index contributed by atoms with van der Waals surface area (Å²) in [5.41, 5.74) is 1.94. The van der Waals surface area contributed by atoms with Crippen LogP contribution in [0.4, 0.5) is 10.1 Å². The molecule has 0 radical (unpaired) electrons. The second kappa shape index (κ2) is 7.61. The highest BCUT2D eigenvalue weighted by atomic mass is 19.1. The van der Waals surface area contributed by atoms with Gasteiger partial charge in [-0.3, -0.25) is 4.79 Å². The maximum absolute atomic E-state index is 13.8. The highest BCUT2D eigenvalue weighted by molar-refractivity contribution is 5.94. The van der Waals surface area contributed by atoms with Crippen molar-refractivity contribution in [2.75, 3.05) is 18.4 Å². The fourth-order valence-electron chi connectivity index (χ4n) is 3.19. The molecule has 138 valence electrons. The molecule has 1 amide bonds. The van der Waals surface area contributed by atoms with Gasteiger partial charge in [0.1, 0.15) is 5.82 Å². The molecular weight excluding hydrogens is 345 g/mol. The van der Waals surface area contributed by atoms with E-state index in [2.05, 4.69) is 10.3 Å². The number of hydrogen-bond donors (Lipinski definition) is 1. The van der Waals surface area contributed by atoms with Gasteiger partial charge in [-0.05, 0) is 49.2 Å². The number of nitrogens with zero attached hydrogens (tertiary/aromatic N) is 2. The van der Waals surface area contributed by atoms with E-state index in [4.69, 9.17) is 4.42 Å². The zero-order valence-corrected chi connectivity index (χ0v) is 14.8. The van der Waals surface area contributed by atoms with Crippen LogP contribution in [0.3, 0.4) is 0 Å². The summed E-state index contributed by atoms with van der Waals surface area (Å²) in [6, 6.07) is 13.8. The fourth-order valence-corrected chi connectivity index (χ4v) is 3.19. The molecule has 5 nitrogen and oxygen atoms in total. The Hall–Kier alpha value is -3.15. The Morgan fingerprint density at radius 2 is 1.85 bits per heavy atom. The highest BCUT2D eigenvalue weighted by Gasteiger charge is 2.19. The Bertz CT molecular complexity index is 931. The van der Waals surface area contributed by atoms with Crippen molar-refractivity contribution in [1.29, 1.82) is 0 Å². The Labute approximate surface area is 156 Å². The number of halogens is 1. The van der Waals surface area contributed by atoms with Crippen LogP contribution in [0.15, 0.2) is 59.1 Å². The van der Waals surface area contributed by atoms with Gasteiger partial charge in [0.25, 0.3) is 5.91 Å². The average molecular weight is 365 g/mol. The summed E-state index contributed by atoms with van der Waals surface area (Å²) in [5.74, 6) is 0.606. The minimum absolute atomic E-state index is 0.0845. The van der Waals surface area contributed by atoms with Gasteiger partial charge in [-0.2, -0.15) is 0 Å². The number of likely N-dealkylation sites (tertiary alicyclic amines) is 1. The van der Waals surface area contributed by atoms with Crippen LogP contribution >= 0.6 is 0 Å². The lowest BCUT2D eigenvalue weighted by Gasteiger charge is -2.15. The summed E-state index contributed by atoms with van der Waals surface area (Å²) in [7, 11) is 0. The van der Waals surface area contributed by atoms with Crippen LogP contribution in [0.1, 0.15) is 29.1 Å². The zero-order valence-electron chi connectivity index (χ0n) is 14.8. The normalized spacial score (nSPS) is 13.7. The molecule has 1 fully saturated rings. The summed E-state index contributed by atoms with van der Waals surface area (Å²) >= 11 is 0. The van der Waals surface area contributed by atoms with Gasteiger partial charge in [0.15, 0.2) is 5.76 Å². The first kappa shape index (κ1) is 17.3. The lowest BCUT2D eigenvalue weighted by atomic mass is 10.2. The highest BCUT2D eigenvalue weighted by Crippen LogP contribution is 2.23. The first-order valence-electron chi connectivity index (χ1n) is 9.03. The van der Waals surface area contributed by atoms with E-state index in [1.165, 1.54) is 12.3 Å². The number of anilines is 1. The summed E-state index contributed by atoms with van der Waals surface area (Å²) in [4.78, 5) is 18.4. The summed E-state index contributed by atoms with van der Waals surface area (Å²) < 4.78 is 19.4. The van der Waals surface area contributed by atoms with E-state index in [-0.39, 0.29) is 11.7 Å². The number of nitrogens with one attached hydrogen (secondary N) is 1. The molecule has 0 unspecified atom stereocenters. The monoisotopic (exact) mass is 365 g/mol. The van der Waals surface area contributed by atoms with Crippen LogP contribution in [0.5, 0.6) is 0 Å². The van der Waals surface area contributed by atoms with Crippen LogP contribution in [-0.4, -0.2) is 28.9 Å². The molecule has 2 aromatic carbocycles. The van der Waals surface area contributed by atoms with E-state index < -0.39 is 0 Å². The van der Waals surface area contributed by atoms with Gasteiger partial charge in [-0.15, -0.1) is 0 Å². The number of hydrogen-bond acceptors (Lipinski definition) is 4. The van der Waals surface area contributed by atoms with Gasteiger partial charge in [0.05, 0.1) is 18.3 Å². The summed E-state index contributed by atoms with van der Waals surface area (Å²) in [5, 5.41) is 3.20. The SMILES string of the molecule is O=C(c1ccc(NCc2ncc(-c3ccccc3F)o2)cc1)N1CCCC1. The average Bonchev–Trinajstić information content (AvgIpc) is 3.39. The first-order valence-corrected chi connectivity index (χ1v) is 9.03. The topological polar surface area (TPSA) is 58.4 Å². The molecule has 1 aromatic heterocycles. The molecule has 3 aromatic rings. The number of aromatic nitrogens is 1. The Morgan fingerprint density at radius 1 is 1.11 bits per heavy atom. The molecule has 6 heteroatoms. The molecule has 27 heavy (non-hydrogen) atoms. The van der Waals surface area contributed by atoms with Crippen molar-refractivity contribution < 1.29 is 13.6 Å². The number of carbonyl (C=O) groups excluding carboxylic acids is 1. The molecule has 1 saturated heterocycles. The van der Waals surface area contributed by atoms with Gasteiger partial charge in [-0.25, -0.2) is 9.37 Å². The third-order valence-electron chi connectivity index (χ3n) is 4.66. The van der Waals surface area contributed by atoms with Crippen molar-refractivity contribution in [2.45, 2.75) is 19.4 Å². The second-order valence-corrected chi connectivity index (χ2v) is 6.53. The maximum Gasteiger partial charge on any atom is 0.253 e. The second-order valence-electron chi connectivity index (χ2n) is 6.53. The third-order valence-corrected chi connectivity index (χ3v) is 4.66. The maximum atomic E-state index is 13.8. The predicted molar refractivity (Wildman–Crippen MR) is 101 cm³/mol. The van der Waals surface area contributed by atoms with Crippen LogP contribution in [0.25, 0.3) is 11.3 Å². The molecule has 0 atom stereocenters. The van der Waals surface area contributed by atoms with Crippen molar-refractivity contribution >= 4 is 11.6 Å². The van der Waals surface area contributed by atoms with Crippen molar-refractivity contribution in [3.05, 3.63) is 72.0 Å². The van der Waals surface area contributed by atoms with Crippen molar-refractivity contribution in [1.82, 2.24) is 9.88 Å². The van der Waals surface area contributed by atoms with Crippen LogP contribution in [-0.2, 0) is 6.54 Å². The predicted octanol–water partition coefficient (Wildman–Crippen LogP) is 4.33. The molecular formula is C21H20FN3O2. The minimum Gasteiger partial charge on any atom is -0.439 e. The number of oxazole rings is 1. The van der Waals surface area contributed by atoms with Gasteiger partial charge in [-0.1, -0.05) is 12.1 Å². The van der Waals surface area contributed by atoms with Gasteiger partial charge >= 0.3 is 0 Å². The molecule has 0 bridgehead atoms. The van der Waals surface area contributed by atoms with E-state index in [1.54, 1.807) is 18.2 Å². The van der Waals surface area contributed by atoms with E-state index in [0.29, 0.717) is 29.3 Å². The van der Waals surface area contributed by atoms with Gasteiger partial charge in [0.2, 0.25) is 5.89 Å². The first-order chi connectivity index (χ1) is 13.2. The van der Waals surface area contributed by atoms with Crippen LogP contribution < -0.4 is 5.32 Å². The molecule has 1 aliphatic heterocycles. The molecule has 0 spiro atoms. The summed E-state index contributed by atoms with van der Waals surface area (Å²) in [6.07, 6.45) is 3.68. The molecule has 1 N–H and O–H groups in total. The lowest BCUT2D eigenvalue weighted by Crippen LogP contribution is -2.27. The number of benzene rings is 2. The van der Waals surface area contributed by atoms with E-state index in [9.17, 15) is 9.18 Å². The van der Waals surface area contributed by atoms with E-state index >= 15 is 0 Å². The Morgan fingerprint density at radius 3 is 2.59 bits per heavy atom. The number of carbonyl (C=O) groups is 1. The molecule has 2 heterocycles. The van der Waals surface area contributed by atoms with Gasteiger partial charge in [0, 0.05) is 24.3 Å². The van der Waals surface area contributed by atoms with Crippen LogP contribution in [0, 0.1) is 5.82 Å². The quantitative estimate of drug-likeness (QED) is 0.731. The minimum atomic E-state index is -0.341. The number of rotatable bonds is 5. The standard InChI is InChI=1S/C21H20FN3O2/c22-18-6-2-1-5-17(18)19-13-24-20(27-19)14-23-16-9-7-15(8-10-16)21(26)25-11-3-4-12-25/h1-2,5-10,13,23H,3-4,11-12,14H2. The largest absolute Gasteiger partial charge is 0.439 e. The smallest absolute Gasteiger partial charge is 0.253 e. The molecule has 1 aliphatic rings. The Balaban J connectivity index is 1.38. The number of amides is 1.